The van der Waals surface area contributed by atoms with Gasteiger partial charge in [-0.1, -0.05) is 20.3 Å². The zero-order chi connectivity index (χ0) is 18.7. The fraction of sp³-hybridized carbons (Fsp3) is 0.714. The number of hydrogen-bond donors (Lipinski definition) is 6. The van der Waals surface area contributed by atoms with Crippen molar-refractivity contribution < 1.29 is 29.4 Å². The number of aliphatic hydroxyl groups is 2. The molecule has 7 N–H and O–H groups in total. The summed E-state index contributed by atoms with van der Waals surface area (Å²) in [6, 6.07) is -3.13. The third-order valence-electron chi connectivity index (χ3n) is 3.51. The van der Waals surface area contributed by atoms with E-state index >= 15 is 0 Å². The van der Waals surface area contributed by atoms with Crippen LogP contribution in [0.5, 0.6) is 0 Å². The quantitative estimate of drug-likeness (QED) is 0.212. The molecule has 0 heterocycles. The van der Waals surface area contributed by atoms with E-state index in [0.717, 1.165) is 0 Å². The fourth-order valence-electron chi connectivity index (χ4n) is 1.65. The van der Waals surface area contributed by atoms with Crippen molar-refractivity contribution in [3.8, 4) is 0 Å². The van der Waals surface area contributed by atoms with Crippen LogP contribution < -0.4 is 21.7 Å². The van der Waals surface area contributed by atoms with Crippen molar-refractivity contribution in [1.29, 1.82) is 0 Å². The maximum atomic E-state index is 11.9. The molecular formula is C14H26N4O6. The van der Waals surface area contributed by atoms with E-state index < -0.39 is 55.6 Å². The van der Waals surface area contributed by atoms with Gasteiger partial charge < -0.3 is 36.7 Å². The van der Waals surface area contributed by atoms with Crippen LogP contribution in [0, 0.1) is 5.92 Å². The normalized spacial score (nSPS) is 15.5. The van der Waals surface area contributed by atoms with Crippen LogP contribution >= 0.6 is 0 Å². The predicted octanol–water partition coefficient (Wildman–Crippen LogP) is -3.37. The highest BCUT2D eigenvalue weighted by molar-refractivity contribution is 5.92. The number of rotatable bonds is 11. The Morgan fingerprint density at radius 3 is 2.21 bits per heavy atom. The van der Waals surface area contributed by atoms with Crippen molar-refractivity contribution in [3.05, 3.63) is 0 Å². The maximum Gasteiger partial charge on any atom is 0.245 e. The van der Waals surface area contributed by atoms with Gasteiger partial charge in [-0.3, -0.25) is 14.4 Å². The second-order valence-corrected chi connectivity index (χ2v) is 5.37. The Balaban J connectivity index is 4.47. The Labute approximate surface area is 140 Å². The molecule has 10 nitrogen and oxygen atoms in total. The van der Waals surface area contributed by atoms with Gasteiger partial charge in [-0.25, -0.2) is 0 Å². The van der Waals surface area contributed by atoms with Gasteiger partial charge in [0.2, 0.25) is 17.7 Å². The predicted molar refractivity (Wildman–Crippen MR) is 84.5 cm³/mol. The number of nitrogens with one attached hydrogen (secondary N) is 3. The van der Waals surface area contributed by atoms with Gasteiger partial charge in [0, 0.05) is 0 Å². The molecule has 0 spiro atoms. The molecule has 0 aliphatic rings. The first-order valence-corrected chi connectivity index (χ1v) is 7.60. The van der Waals surface area contributed by atoms with Gasteiger partial charge in [-0.15, -0.1) is 0 Å². The van der Waals surface area contributed by atoms with Crippen LogP contribution in [0.15, 0.2) is 0 Å². The molecule has 0 saturated carbocycles. The minimum Gasteiger partial charge on any atom is -0.394 e. The zero-order valence-corrected chi connectivity index (χ0v) is 13.8. The smallest absolute Gasteiger partial charge is 0.245 e. The molecule has 24 heavy (non-hydrogen) atoms. The third-order valence-corrected chi connectivity index (χ3v) is 3.51. The monoisotopic (exact) mass is 346 g/mol. The van der Waals surface area contributed by atoms with Gasteiger partial charge in [0.25, 0.3) is 0 Å². The van der Waals surface area contributed by atoms with E-state index in [1.807, 2.05) is 6.92 Å². The molecule has 0 aliphatic heterocycles. The van der Waals surface area contributed by atoms with Crippen molar-refractivity contribution in [2.24, 2.45) is 11.7 Å². The summed E-state index contributed by atoms with van der Waals surface area (Å²) in [7, 11) is 0. The molecule has 0 aromatic heterocycles. The molecule has 0 aromatic rings. The first kappa shape index (κ1) is 22.0. The van der Waals surface area contributed by atoms with Gasteiger partial charge in [-0.05, 0) is 5.92 Å². The summed E-state index contributed by atoms with van der Waals surface area (Å²) in [6.07, 6.45) is 1.03. The lowest BCUT2D eigenvalue weighted by Crippen LogP contribution is -2.55. The molecule has 3 amide bonds. The fourth-order valence-corrected chi connectivity index (χ4v) is 1.65. The minimum absolute atomic E-state index is 0.100. The van der Waals surface area contributed by atoms with E-state index in [-0.39, 0.29) is 5.92 Å². The molecule has 0 radical (unpaired) electrons. The first-order valence-electron chi connectivity index (χ1n) is 7.60. The average molecular weight is 346 g/mol. The van der Waals surface area contributed by atoms with Crippen LogP contribution in [0.3, 0.4) is 0 Å². The lowest BCUT2D eigenvalue weighted by molar-refractivity contribution is -0.132. The molecule has 0 saturated heterocycles. The summed E-state index contributed by atoms with van der Waals surface area (Å²) < 4.78 is 0. The van der Waals surface area contributed by atoms with Crippen LogP contribution in [0.1, 0.15) is 20.3 Å². The Morgan fingerprint density at radius 2 is 1.75 bits per heavy atom. The second-order valence-electron chi connectivity index (χ2n) is 5.37. The summed E-state index contributed by atoms with van der Waals surface area (Å²) in [5, 5.41) is 24.7. The largest absolute Gasteiger partial charge is 0.394 e. The Hall–Kier alpha value is -2.04. The van der Waals surface area contributed by atoms with Crippen LogP contribution in [0.2, 0.25) is 0 Å². The van der Waals surface area contributed by atoms with Crippen LogP contribution in [-0.4, -0.2) is 72.1 Å². The highest BCUT2D eigenvalue weighted by Crippen LogP contribution is 2.05. The van der Waals surface area contributed by atoms with E-state index in [9.17, 15) is 24.3 Å². The molecule has 0 aromatic carbocycles. The number of carbonyl (C=O) groups excluding carboxylic acids is 4. The lowest BCUT2D eigenvalue weighted by Gasteiger charge is -2.21. The molecule has 0 bridgehead atoms. The van der Waals surface area contributed by atoms with Gasteiger partial charge >= 0.3 is 0 Å². The van der Waals surface area contributed by atoms with Crippen molar-refractivity contribution >= 4 is 24.0 Å². The Morgan fingerprint density at radius 1 is 1.12 bits per heavy atom. The number of amides is 3. The summed E-state index contributed by atoms with van der Waals surface area (Å²) in [5.74, 6) is -2.15. The third kappa shape index (κ3) is 7.49. The van der Waals surface area contributed by atoms with Gasteiger partial charge in [-0.2, -0.15) is 0 Å². The highest BCUT2D eigenvalue weighted by Gasteiger charge is 2.25. The molecule has 0 fully saturated rings. The number of aldehydes is 1. The Bertz CT molecular complexity index is 445. The van der Waals surface area contributed by atoms with E-state index in [4.69, 9.17) is 10.8 Å². The summed E-state index contributed by atoms with van der Waals surface area (Å²) in [6.45, 7) is 1.94. The van der Waals surface area contributed by atoms with E-state index in [1.165, 1.54) is 0 Å². The highest BCUT2D eigenvalue weighted by atomic mass is 16.3. The van der Waals surface area contributed by atoms with Crippen LogP contribution in [-0.2, 0) is 19.2 Å². The molecule has 0 aliphatic carbocycles. The summed E-state index contributed by atoms with van der Waals surface area (Å²) >= 11 is 0. The SMILES string of the molecule is CC[C@H](C)[C@H](N)C(=O)N[C@@H](CO)C(=O)NCC(=O)N[C@H](C=O)CO. The summed E-state index contributed by atoms with van der Waals surface area (Å²) in [5.41, 5.74) is 5.74. The topological polar surface area (TPSA) is 171 Å². The van der Waals surface area contributed by atoms with Gasteiger partial charge in [0.15, 0.2) is 0 Å². The number of hydrogen-bond acceptors (Lipinski definition) is 7. The van der Waals surface area contributed by atoms with E-state index in [2.05, 4.69) is 16.0 Å². The van der Waals surface area contributed by atoms with Crippen molar-refractivity contribution in [3.63, 3.8) is 0 Å². The summed E-state index contributed by atoms with van der Waals surface area (Å²) in [4.78, 5) is 45.7. The van der Waals surface area contributed by atoms with Crippen molar-refractivity contribution in [2.75, 3.05) is 19.8 Å². The molecule has 4 atom stereocenters. The van der Waals surface area contributed by atoms with Crippen molar-refractivity contribution in [2.45, 2.75) is 38.4 Å². The standard InChI is InChI=1S/C14H26N4O6/c1-3-8(2)12(15)14(24)18-10(7-21)13(23)16-4-11(22)17-9(5-19)6-20/h5,8-10,12,20-21H,3-4,6-7,15H2,1-2H3,(H,16,23)(H,17,22)(H,18,24)/t8-,9+,10-,12-/m0/s1. The van der Waals surface area contributed by atoms with Gasteiger partial charge in [0.05, 0.1) is 25.8 Å². The lowest BCUT2D eigenvalue weighted by atomic mass is 9.99. The number of nitrogens with two attached hydrogens (primary N) is 1. The van der Waals surface area contributed by atoms with Crippen molar-refractivity contribution in [1.82, 2.24) is 16.0 Å². The van der Waals surface area contributed by atoms with E-state index in [0.29, 0.717) is 12.7 Å². The Kier molecular flexibility index (Phi) is 10.5. The molecule has 10 heteroatoms. The molecule has 0 rings (SSSR count). The number of carbonyl (C=O) groups is 4. The average Bonchev–Trinajstić information content (AvgIpc) is 2.60. The van der Waals surface area contributed by atoms with Crippen LogP contribution in [0.4, 0.5) is 0 Å². The van der Waals surface area contributed by atoms with Crippen LogP contribution in [0.25, 0.3) is 0 Å². The molecular weight excluding hydrogens is 320 g/mol. The molecule has 138 valence electrons. The zero-order valence-electron chi connectivity index (χ0n) is 13.8. The minimum atomic E-state index is -1.25. The maximum absolute atomic E-state index is 11.9. The molecule has 0 unspecified atom stereocenters. The second kappa shape index (κ2) is 11.5. The van der Waals surface area contributed by atoms with Gasteiger partial charge in [0.1, 0.15) is 18.4 Å². The first-order chi connectivity index (χ1) is 11.3. The number of aliphatic hydroxyl groups excluding tert-OH is 2. The van der Waals surface area contributed by atoms with E-state index in [1.54, 1.807) is 6.92 Å².